The van der Waals surface area contributed by atoms with Gasteiger partial charge in [-0.3, -0.25) is 4.79 Å². The Balaban J connectivity index is 0.00000149. The van der Waals surface area contributed by atoms with Crippen molar-refractivity contribution in [1.82, 2.24) is 0 Å². The molecule has 1 heterocycles. The van der Waals surface area contributed by atoms with Crippen LogP contribution < -0.4 is 10.5 Å². The molecule has 0 amide bonds. The van der Waals surface area contributed by atoms with Crippen LogP contribution in [-0.2, 0) is 24.4 Å². The smallest absolute Gasteiger partial charge is 0.307 e. The summed E-state index contributed by atoms with van der Waals surface area (Å²) in [5, 5.41) is 10.2. The van der Waals surface area contributed by atoms with E-state index in [9.17, 15) is 9.90 Å². The average molecular weight is 446 g/mol. The van der Waals surface area contributed by atoms with E-state index < -0.39 is 5.97 Å². The SMILES string of the molecule is CC.Cc1ccc(CC(=O)O)c(OCc2c(C)oc3ccc(-c4cccc(CN)c4)cc23)c1. The second-order valence-electron chi connectivity index (χ2n) is 7.72. The van der Waals surface area contributed by atoms with Crippen LogP contribution in [0.5, 0.6) is 5.75 Å². The third kappa shape index (κ3) is 5.62. The highest BCUT2D eigenvalue weighted by Crippen LogP contribution is 2.32. The fraction of sp³-hybridized carbons (Fsp3) is 0.250. The summed E-state index contributed by atoms with van der Waals surface area (Å²) >= 11 is 0. The van der Waals surface area contributed by atoms with Crippen molar-refractivity contribution in [3.63, 3.8) is 0 Å². The molecule has 0 fully saturated rings. The molecule has 172 valence electrons. The summed E-state index contributed by atoms with van der Waals surface area (Å²) in [5.74, 6) is 0.487. The van der Waals surface area contributed by atoms with Gasteiger partial charge in [0.1, 0.15) is 23.7 Å². The Morgan fingerprint density at radius 3 is 2.48 bits per heavy atom. The number of hydrogen-bond acceptors (Lipinski definition) is 4. The largest absolute Gasteiger partial charge is 0.488 e. The third-order valence-electron chi connectivity index (χ3n) is 5.43. The van der Waals surface area contributed by atoms with E-state index in [2.05, 4.69) is 18.2 Å². The molecule has 0 radical (unpaired) electrons. The molecule has 1 aromatic heterocycles. The molecule has 4 aromatic rings. The number of ether oxygens (including phenoxy) is 1. The van der Waals surface area contributed by atoms with Crippen molar-refractivity contribution in [3.05, 3.63) is 88.7 Å². The van der Waals surface area contributed by atoms with Gasteiger partial charge in [-0.1, -0.05) is 50.2 Å². The monoisotopic (exact) mass is 445 g/mol. The zero-order chi connectivity index (χ0) is 24.0. The van der Waals surface area contributed by atoms with Crippen molar-refractivity contribution in [2.75, 3.05) is 0 Å². The van der Waals surface area contributed by atoms with Crippen LogP contribution in [0.2, 0.25) is 0 Å². The second kappa shape index (κ2) is 10.8. The van der Waals surface area contributed by atoms with E-state index in [1.54, 1.807) is 0 Å². The first-order chi connectivity index (χ1) is 15.9. The first kappa shape index (κ1) is 24.1. The van der Waals surface area contributed by atoms with E-state index in [4.69, 9.17) is 14.9 Å². The van der Waals surface area contributed by atoms with Crippen molar-refractivity contribution < 1.29 is 19.1 Å². The second-order valence-corrected chi connectivity index (χ2v) is 7.72. The number of nitrogens with two attached hydrogens (primary N) is 1. The van der Waals surface area contributed by atoms with Crippen LogP contribution >= 0.6 is 0 Å². The maximum Gasteiger partial charge on any atom is 0.307 e. The van der Waals surface area contributed by atoms with Crippen molar-refractivity contribution in [2.24, 2.45) is 5.73 Å². The van der Waals surface area contributed by atoms with Gasteiger partial charge in [-0.15, -0.1) is 0 Å². The number of aryl methyl sites for hydroxylation is 2. The van der Waals surface area contributed by atoms with Crippen LogP contribution in [0.25, 0.3) is 22.1 Å². The Hall–Kier alpha value is -3.57. The highest BCUT2D eigenvalue weighted by Gasteiger charge is 2.15. The molecule has 0 bridgehead atoms. The van der Waals surface area contributed by atoms with Gasteiger partial charge in [0.25, 0.3) is 0 Å². The molecule has 0 saturated carbocycles. The predicted molar refractivity (Wildman–Crippen MR) is 132 cm³/mol. The van der Waals surface area contributed by atoms with Gasteiger partial charge in [-0.25, -0.2) is 0 Å². The average Bonchev–Trinajstić information content (AvgIpc) is 3.14. The Bertz CT molecular complexity index is 1260. The number of rotatable bonds is 7. The maximum atomic E-state index is 11.2. The lowest BCUT2D eigenvalue weighted by molar-refractivity contribution is -0.136. The summed E-state index contributed by atoms with van der Waals surface area (Å²) in [5.41, 5.74) is 12.5. The van der Waals surface area contributed by atoms with Gasteiger partial charge in [0, 0.05) is 23.1 Å². The van der Waals surface area contributed by atoms with Crippen LogP contribution in [0.15, 0.2) is 65.1 Å². The summed E-state index contributed by atoms with van der Waals surface area (Å²) in [6, 6.07) is 19.9. The van der Waals surface area contributed by atoms with Crippen LogP contribution in [-0.4, -0.2) is 11.1 Å². The van der Waals surface area contributed by atoms with Crippen molar-refractivity contribution >= 4 is 16.9 Å². The molecule has 0 saturated heterocycles. The van der Waals surface area contributed by atoms with Crippen molar-refractivity contribution in [2.45, 2.75) is 47.3 Å². The fourth-order valence-electron chi connectivity index (χ4n) is 3.76. The van der Waals surface area contributed by atoms with Crippen molar-refractivity contribution in [1.29, 1.82) is 0 Å². The summed E-state index contributed by atoms with van der Waals surface area (Å²) in [4.78, 5) is 11.2. The molecule has 5 nitrogen and oxygen atoms in total. The maximum absolute atomic E-state index is 11.2. The van der Waals surface area contributed by atoms with Crippen LogP contribution in [0.4, 0.5) is 0 Å². The predicted octanol–water partition coefficient (Wildman–Crippen LogP) is 6.41. The van der Waals surface area contributed by atoms with Crippen LogP contribution in [0.3, 0.4) is 0 Å². The third-order valence-corrected chi connectivity index (χ3v) is 5.43. The van der Waals surface area contributed by atoms with E-state index in [1.807, 2.05) is 70.2 Å². The number of fused-ring (bicyclic) bond motifs is 1. The molecule has 0 unspecified atom stereocenters. The molecule has 5 heteroatoms. The Kier molecular flexibility index (Phi) is 7.91. The van der Waals surface area contributed by atoms with E-state index in [0.717, 1.165) is 44.5 Å². The van der Waals surface area contributed by atoms with E-state index in [-0.39, 0.29) is 6.42 Å². The molecule has 0 atom stereocenters. The lowest BCUT2D eigenvalue weighted by Gasteiger charge is -2.12. The van der Waals surface area contributed by atoms with E-state index in [0.29, 0.717) is 24.5 Å². The van der Waals surface area contributed by atoms with Crippen LogP contribution in [0, 0.1) is 13.8 Å². The number of benzene rings is 3. The van der Waals surface area contributed by atoms with Gasteiger partial charge in [0.05, 0.1) is 6.42 Å². The lowest BCUT2D eigenvalue weighted by atomic mass is 10.0. The minimum absolute atomic E-state index is 0.0810. The molecule has 33 heavy (non-hydrogen) atoms. The highest BCUT2D eigenvalue weighted by atomic mass is 16.5. The zero-order valence-electron chi connectivity index (χ0n) is 19.6. The molecule has 3 N–H and O–H groups in total. The summed E-state index contributed by atoms with van der Waals surface area (Å²) in [7, 11) is 0. The number of carboxylic acids is 1. The number of hydrogen-bond donors (Lipinski definition) is 2. The van der Waals surface area contributed by atoms with Gasteiger partial charge >= 0.3 is 5.97 Å². The number of aliphatic carboxylic acids is 1. The molecular formula is C28H31NO4. The molecule has 4 rings (SSSR count). The summed E-state index contributed by atoms with van der Waals surface area (Å²) in [6.07, 6.45) is -0.0810. The minimum Gasteiger partial charge on any atom is -0.488 e. The number of carbonyl (C=O) groups is 1. The first-order valence-electron chi connectivity index (χ1n) is 11.2. The fourth-order valence-corrected chi connectivity index (χ4v) is 3.76. The zero-order valence-corrected chi connectivity index (χ0v) is 19.6. The highest BCUT2D eigenvalue weighted by molar-refractivity contribution is 5.87. The standard InChI is InChI=1S/C26H25NO4.C2H6/c1-16-6-7-21(13-26(28)29)25(10-16)30-15-23-17(2)31-24-9-8-20(12-22(23)24)19-5-3-4-18(11-19)14-27;1-2/h3-12H,13-15,27H2,1-2H3,(H,28,29);1-2H3. The van der Waals surface area contributed by atoms with E-state index in [1.165, 1.54) is 0 Å². The minimum atomic E-state index is -0.886. The summed E-state index contributed by atoms with van der Waals surface area (Å²) < 4.78 is 12.0. The van der Waals surface area contributed by atoms with Crippen LogP contribution in [0.1, 0.15) is 41.9 Å². The first-order valence-corrected chi connectivity index (χ1v) is 11.2. The molecule has 3 aromatic carbocycles. The molecule has 0 aliphatic rings. The van der Waals surface area contributed by atoms with Crippen molar-refractivity contribution in [3.8, 4) is 16.9 Å². The topological polar surface area (TPSA) is 85.7 Å². The van der Waals surface area contributed by atoms with Gasteiger partial charge < -0.3 is 20.0 Å². The van der Waals surface area contributed by atoms with Gasteiger partial charge in [0.2, 0.25) is 0 Å². The molecule has 0 aliphatic carbocycles. The number of carboxylic acid groups (broad SMARTS) is 1. The molecular weight excluding hydrogens is 414 g/mol. The Morgan fingerprint density at radius 1 is 1.00 bits per heavy atom. The summed E-state index contributed by atoms with van der Waals surface area (Å²) in [6.45, 7) is 8.66. The van der Waals surface area contributed by atoms with Gasteiger partial charge in [-0.05, 0) is 60.4 Å². The molecule has 0 aliphatic heterocycles. The Labute approximate surface area is 194 Å². The van der Waals surface area contributed by atoms with Gasteiger partial charge in [0.15, 0.2) is 0 Å². The number of furan rings is 1. The van der Waals surface area contributed by atoms with E-state index >= 15 is 0 Å². The normalized spacial score (nSPS) is 10.6. The van der Waals surface area contributed by atoms with Gasteiger partial charge in [-0.2, -0.15) is 0 Å². The quantitative estimate of drug-likeness (QED) is 0.343. The lowest BCUT2D eigenvalue weighted by Crippen LogP contribution is -2.05. The molecule has 0 spiro atoms. The Morgan fingerprint density at radius 2 is 1.76 bits per heavy atom.